The maximum absolute atomic E-state index is 12.5. The maximum Gasteiger partial charge on any atom is 0.247 e. The summed E-state index contributed by atoms with van der Waals surface area (Å²) in [5.74, 6) is -0.0874. The number of nitrogens with one attached hydrogen (secondary N) is 1. The van der Waals surface area contributed by atoms with Crippen LogP contribution in [0, 0.1) is 0 Å². The van der Waals surface area contributed by atoms with Gasteiger partial charge in [-0.25, -0.2) is 0 Å². The van der Waals surface area contributed by atoms with Crippen LogP contribution in [0.4, 0.5) is 0 Å². The van der Waals surface area contributed by atoms with Gasteiger partial charge in [-0.3, -0.25) is 14.5 Å². The second-order valence-electron chi connectivity index (χ2n) is 6.37. The summed E-state index contributed by atoms with van der Waals surface area (Å²) in [6.07, 6.45) is 5.24. The van der Waals surface area contributed by atoms with Gasteiger partial charge in [0.15, 0.2) is 0 Å². The van der Waals surface area contributed by atoms with Crippen LogP contribution in [-0.4, -0.2) is 61.3 Å². The van der Waals surface area contributed by atoms with Gasteiger partial charge in [0.2, 0.25) is 11.8 Å². The number of rotatable bonds is 5. The molecular weight excluding hydrogens is 272 g/mol. The summed E-state index contributed by atoms with van der Waals surface area (Å²) in [5, 5.41) is 3.23. The van der Waals surface area contributed by atoms with E-state index in [1.54, 1.807) is 7.11 Å². The Kier molecular flexibility index (Phi) is 4.28. The summed E-state index contributed by atoms with van der Waals surface area (Å²) in [6.45, 7) is 1.77. The van der Waals surface area contributed by atoms with E-state index in [0.717, 1.165) is 32.1 Å². The first-order chi connectivity index (χ1) is 10.2. The van der Waals surface area contributed by atoms with Crippen molar-refractivity contribution in [2.45, 2.75) is 56.2 Å². The molecule has 2 atom stereocenters. The number of imide groups is 1. The summed E-state index contributed by atoms with van der Waals surface area (Å²) in [7, 11) is 1.67. The molecule has 2 heterocycles. The Morgan fingerprint density at radius 1 is 1.38 bits per heavy atom. The number of hydrogen-bond acceptors (Lipinski definition) is 5. The molecule has 3 fully saturated rings. The average Bonchev–Trinajstić information content (AvgIpc) is 3.19. The second kappa shape index (κ2) is 6.02. The highest BCUT2D eigenvalue weighted by molar-refractivity contribution is 6.05. The SMILES string of the molecule is COC1(CNC2CC(=O)N(C3CCCC3)C2=O)CCOC1. The molecule has 118 valence electrons. The van der Waals surface area contributed by atoms with Crippen molar-refractivity contribution >= 4 is 11.8 Å². The van der Waals surface area contributed by atoms with E-state index in [9.17, 15) is 9.59 Å². The number of likely N-dealkylation sites (tertiary alicyclic amines) is 1. The van der Waals surface area contributed by atoms with Crippen LogP contribution in [0.15, 0.2) is 0 Å². The zero-order chi connectivity index (χ0) is 14.9. The molecule has 6 heteroatoms. The molecule has 1 saturated carbocycles. The number of ether oxygens (including phenoxy) is 2. The van der Waals surface area contributed by atoms with Gasteiger partial charge < -0.3 is 14.8 Å². The van der Waals surface area contributed by atoms with E-state index in [4.69, 9.17) is 9.47 Å². The van der Waals surface area contributed by atoms with Crippen LogP contribution in [0.2, 0.25) is 0 Å². The van der Waals surface area contributed by atoms with E-state index < -0.39 is 6.04 Å². The lowest BCUT2D eigenvalue weighted by atomic mass is 10.0. The van der Waals surface area contributed by atoms with Crippen molar-refractivity contribution < 1.29 is 19.1 Å². The number of methoxy groups -OCH3 is 1. The van der Waals surface area contributed by atoms with Crippen LogP contribution >= 0.6 is 0 Å². The number of hydrogen-bond donors (Lipinski definition) is 1. The molecule has 0 aromatic heterocycles. The van der Waals surface area contributed by atoms with E-state index in [1.807, 2.05) is 0 Å². The van der Waals surface area contributed by atoms with Crippen LogP contribution in [0.1, 0.15) is 38.5 Å². The molecule has 2 unspecified atom stereocenters. The van der Waals surface area contributed by atoms with Gasteiger partial charge in [-0.05, 0) is 12.8 Å². The van der Waals surface area contributed by atoms with Crippen molar-refractivity contribution in [3.63, 3.8) is 0 Å². The molecule has 1 N–H and O–H groups in total. The minimum Gasteiger partial charge on any atom is -0.378 e. The van der Waals surface area contributed by atoms with Crippen LogP contribution in [-0.2, 0) is 19.1 Å². The lowest BCUT2D eigenvalue weighted by Crippen LogP contribution is -2.49. The summed E-state index contributed by atoms with van der Waals surface area (Å²) in [4.78, 5) is 26.1. The molecule has 0 spiro atoms. The van der Waals surface area contributed by atoms with Gasteiger partial charge in [0.25, 0.3) is 0 Å². The van der Waals surface area contributed by atoms with Gasteiger partial charge in [0.1, 0.15) is 5.60 Å². The molecule has 3 aliphatic rings. The Hall–Kier alpha value is -0.980. The van der Waals surface area contributed by atoms with Crippen molar-refractivity contribution in [2.75, 3.05) is 26.9 Å². The first kappa shape index (κ1) is 14.9. The van der Waals surface area contributed by atoms with Gasteiger partial charge in [-0.15, -0.1) is 0 Å². The fourth-order valence-electron chi connectivity index (χ4n) is 3.63. The highest BCUT2D eigenvalue weighted by atomic mass is 16.5. The average molecular weight is 296 g/mol. The van der Waals surface area contributed by atoms with E-state index in [2.05, 4.69) is 5.32 Å². The molecule has 21 heavy (non-hydrogen) atoms. The molecular formula is C15H24N2O4. The molecule has 0 aromatic rings. The zero-order valence-corrected chi connectivity index (χ0v) is 12.6. The van der Waals surface area contributed by atoms with Crippen LogP contribution in [0.5, 0.6) is 0 Å². The standard InChI is InChI=1S/C15H24N2O4/c1-20-15(6-7-21-10-15)9-16-12-8-13(18)17(14(12)19)11-4-2-3-5-11/h11-12,16H,2-10H2,1H3. The highest BCUT2D eigenvalue weighted by Crippen LogP contribution is 2.28. The fourth-order valence-corrected chi connectivity index (χ4v) is 3.63. The lowest BCUT2D eigenvalue weighted by molar-refractivity contribution is -0.141. The molecule has 6 nitrogen and oxygen atoms in total. The van der Waals surface area contributed by atoms with E-state index in [1.165, 1.54) is 4.90 Å². The lowest BCUT2D eigenvalue weighted by Gasteiger charge is -2.27. The molecule has 0 bridgehead atoms. The minimum atomic E-state index is -0.397. The number of amides is 2. The third-order valence-electron chi connectivity index (χ3n) is 5.04. The Morgan fingerprint density at radius 2 is 2.14 bits per heavy atom. The maximum atomic E-state index is 12.5. The van der Waals surface area contributed by atoms with E-state index in [0.29, 0.717) is 19.8 Å². The predicted octanol–water partition coefficient (Wildman–Crippen LogP) is 0.452. The summed E-state index contributed by atoms with van der Waals surface area (Å²) in [5.41, 5.74) is -0.357. The topological polar surface area (TPSA) is 67.9 Å². The Morgan fingerprint density at radius 3 is 2.76 bits per heavy atom. The van der Waals surface area contributed by atoms with Gasteiger partial charge in [-0.1, -0.05) is 12.8 Å². The van der Waals surface area contributed by atoms with E-state index >= 15 is 0 Å². The van der Waals surface area contributed by atoms with Crippen LogP contribution < -0.4 is 5.32 Å². The molecule has 0 aromatic carbocycles. The van der Waals surface area contributed by atoms with Crippen molar-refractivity contribution in [3.05, 3.63) is 0 Å². The Bertz CT molecular complexity index is 414. The second-order valence-corrected chi connectivity index (χ2v) is 6.37. The molecule has 2 saturated heterocycles. The van der Waals surface area contributed by atoms with Gasteiger partial charge in [-0.2, -0.15) is 0 Å². The minimum absolute atomic E-state index is 0.0291. The first-order valence-electron chi connectivity index (χ1n) is 7.87. The third kappa shape index (κ3) is 2.84. The summed E-state index contributed by atoms with van der Waals surface area (Å²) < 4.78 is 10.9. The number of nitrogens with zero attached hydrogens (tertiary/aromatic N) is 1. The molecule has 1 aliphatic carbocycles. The van der Waals surface area contributed by atoms with Crippen molar-refractivity contribution in [1.82, 2.24) is 10.2 Å². The summed E-state index contributed by atoms with van der Waals surface area (Å²) >= 11 is 0. The summed E-state index contributed by atoms with van der Waals surface area (Å²) in [6, 6.07) is -0.270. The Labute approximate surface area is 125 Å². The van der Waals surface area contributed by atoms with Crippen molar-refractivity contribution in [3.8, 4) is 0 Å². The first-order valence-corrected chi connectivity index (χ1v) is 7.87. The van der Waals surface area contributed by atoms with Gasteiger partial charge in [0, 0.05) is 32.7 Å². The van der Waals surface area contributed by atoms with Crippen molar-refractivity contribution in [1.29, 1.82) is 0 Å². The normalized spacial score (nSPS) is 34.3. The van der Waals surface area contributed by atoms with Crippen molar-refractivity contribution in [2.24, 2.45) is 0 Å². The van der Waals surface area contributed by atoms with Crippen LogP contribution in [0.3, 0.4) is 0 Å². The number of carbonyl (C=O) groups excluding carboxylic acids is 2. The quantitative estimate of drug-likeness (QED) is 0.746. The highest BCUT2D eigenvalue weighted by Gasteiger charge is 2.44. The predicted molar refractivity (Wildman–Crippen MR) is 75.7 cm³/mol. The largest absolute Gasteiger partial charge is 0.378 e. The molecule has 0 radical (unpaired) electrons. The molecule has 2 amide bonds. The monoisotopic (exact) mass is 296 g/mol. The Balaban J connectivity index is 1.59. The van der Waals surface area contributed by atoms with E-state index in [-0.39, 0.29) is 29.9 Å². The smallest absolute Gasteiger partial charge is 0.247 e. The fraction of sp³-hybridized carbons (Fsp3) is 0.867. The van der Waals surface area contributed by atoms with Crippen LogP contribution in [0.25, 0.3) is 0 Å². The molecule has 3 rings (SSSR count). The molecule has 2 aliphatic heterocycles. The van der Waals surface area contributed by atoms with Gasteiger partial charge in [0.05, 0.1) is 19.1 Å². The van der Waals surface area contributed by atoms with Gasteiger partial charge >= 0.3 is 0 Å². The zero-order valence-electron chi connectivity index (χ0n) is 12.6. The number of carbonyl (C=O) groups is 2. The third-order valence-corrected chi connectivity index (χ3v) is 5.04.